The van der Waals surface area contributed by atoms with E-state index in [4.69, 9.17) is 14.6 Å². The number of ether oxygens (including phenoxy) is 1. The van der Waals surface area contributed by atoms with Gasteiger partial charge in [0, 0.05) is 38.5 Å². The molecule has 1 amide bonds. The molecule has 38 heavy (non-hydrogen) atoms. The predicted octanol–water partition coefficient (Wildman–Crippen LogP) is 2.38. The van der Waals surface area contributed by atoms with Gasteiger partial charge in [-0.3, -0.25) is 4.79 Å². The van der Waals surface area contributed by atoms with Gasteiger partial charge < -0.3 is 29.3 Å². The minimum Gasteiger partial charge on any atom is -0.542 e. The van der Waals surface area contributed by atoms with Crippen LogP contribution in [-0.4, -0.2) is 79.8 Å². The van der Waals surface area contributed by atoms with Crippen LogP contribution in [0.25, 0.3) is 0 Å². The van der Waals surface area contributed by atoms with Crippen LogP contribution < -0.4 is 10.4 Å². The molecule has 3 fully saturated rings. The van der Waals surface area contributed by atoms with Gasteiger partial charge in [0.15, 0.2) is 18.7 Å². The third-order valence-corrected chi connectivity index (χ3v) is 6.96. The van der Waals surface area contributed by atoms with Crippen LogP contribution in [0.5, 0.6) is 0 Å². The Hall–Kier alpha value is -3.60. The summed E-state index contributed by atoms with van der Waals surface area (Å²) in [5.41, 5.74) is 1.76. The largest absolute Gasteiger partial charge is 0.542 e. The minimum atomic E-state index is -5.19. The molecule has 0 saturated carbocycles. The van der Waals surface area contributed by atoms with Gasteiger partial charge in [0.1, 0.15) is 12.5 Å². The van der Waals surface area contributed by atoms with Gasteiger partial charge in [-0.2, -0.15) is 13.2 Å². The molecule has 2 atom stereocenters. The first-order valence-corrected chi connectivity index (χ1v) is 12.3. The maximum atomic E-state index is 13.4. The summed E-state index contributed by atoms with van der Waals surface area (Å²) < 4.78 is 38.4. The van der Waals surface area contributed by atoms with Crippen LogP contribution in [0.2, 0.25) is 0 Å². The van der Waals surface area contributed by atoms with Crippen LogP contribution in [-0.2, 0) is 19.1 Å². The molecule has 11 heteroatoms. The van der Waals surface area contributed by atoms with Crippen molar-refractivity contribution in [1.29, 1.82) is 0 Å². The first-order chi connectivity index (χ1) is 17.9. The first kappa shape index (κ1) is 29.0. The number of para-hydroxylation sites is 1. The Bertz CT molecular complexity index is 1090. The molecule has 8 nitrogen and oxygen atoms in total. The van der Waals surface area contributed by atoms with E-state index in [0.29, 0.717) is 12.5 Å². The zero-order valence-corrected chi connectivity index (χ0v) is 21.3. The van der Waals surface area contributed by atoms with E-state index in [-0.39, 0.29) is 18.0 Å². The van der Waals surface area contributed by atoms with Gasteiger partial charge in [0.2, 0.25) is 0 Å². The van der Waals surface area contributed by atoms with E-state index in [1.165, 1.54) is 0 Å². The Balaban J connectivity index is 0.000000505. The van der Waals surface area contributed by atoms with E-state index in [1.807, 2.05) is 60.7 Å². The highest BCUT2D eigenvalue weighted by Gasteiger charge is 2.49. The summed E-state index contributed by atoms with van der Waals surface area (Å²) in [4.78, 5) is 36.2. The number of rotatable bonds is 7. The van der Waals surface area contributed by atoms with Crippen molar-refractivity contribution in [3.05, 3.63) is 66.2 Å². The lowest BCUT2D eigenvalue weighted by molar-refractivity contribution is -0.939. The van der Waals surface area contributed by atoms with Gasteiger partial charge in [-0.25, -0.2) is 4.79 Å². The molecule has 2 aromatic carbocycles. The lowest BCUT2D eigenvalue weighted by Gasteiger charge is -2.51. The number of carboxylic acid groups (broad SMARTS) is 1. The van der Waals surface area contributed by atoms with E-state index < -0.39 is 18.2 Å². The number of anilines is 1. The third-order valence-electron chi connectivity index (χ3n) is 6.96. The van der Waals surface area contributed by atoms with Gasteiger partial charge >= 0.3 is 12.1 Å². The fourth-order valence-corrected chi connectivity index (χ4v) is 4.85. The smallest absolute Gasteiger partial charge is 0.430 e. The molecular weight excluding hydrogens is 503 g/mol. The lowest BCUT2D eigenvalue weighted by atomic mass is 9.83. The monoisotopic (exact) mass is 535 g/mol. The molecule has 3 saturated heterocycles. The molecule has 3 aliphatic heterocycles. The molecule has 1 N–H and O–H groups in total. The quantitative estimate of drug-likeness (QED) is 0.432. The van der Waals surface area contributed by atoms with Crippen molar-refractivity contribution < 1.29 is 41.9 Å². The lowest BCUT2D eigenvalue weighted by Crippen LogP contribution is -2.66. The van der Waals surface area contributed by atoms with E-state index in [9.17, 15) is 22.8 Å². The van der Waals surface area contributed by atoms with Gasteiger partial charge in [-0.15, -0.1) is 0 Å². The summed E-state index contributed by atoms with van der Waals surface area (Å²) >= 11 is 0. The van der Waals surface area contributed by atoms with Crippen LogP contribution in [0.15, 0.2) is 60.7 Å². The average molecular weight is 536 g/mol. The van der Waals surface area contributed by atoms with E-state index >= 15 is 0 Å². The first-order valence-electron chi connectivity index (χ1n) is 12.3. The number of benzene rings is 2. The molecule has 206 valence electrons. The number of nitrogens with zero attached hydrogens (tertiary/aromatic N) is 2. The summed E-state index contributed by atoms with van der Waals surface area (Å²) in [6.07, 6.45) is -3.34. The highest BCUT2D eigenvalue weighted by atomic mass is 19.4. The SMILES string of the molecule is CN(C)C(=O)C[N+]12CCC(CC1)[C@@H](OC(=O)C(Nc1ccccc1)c1ccccc1)C2.O=C([O-])C(F)(F)F. The number of hydrogen-bond acceptors (Lipinski definition) is 6. The molecule has 3 aliphatic rings. The number of hydrogen-bond donors (Lipinski definition) is 1. The molecule has 3 heterocycles. The van der Waals surface area contributed by atoms with Gasteiger partial charge in [-0.05, 0) is 17.7 Å². The molecule has 2 aromatic rings. The second-order valence-corrected chi connectivity index (χ2v) is 9.87. The van der Waals surface area contributed by atoms with Crippen molar-refractivity contribution in [2.75, 3.05) is 45.6 Å². The van der Waals surface area contributed by atoms with Crippen LogP contribution >= 0.6 is 0 Å². The number of carbonyl (C=O) groups excluding carboxylic acids is 3. The number of esters is 1. The van der Waals surface area contributed by atoms with Crippen LogP contribution in [0.3, 0.4) is 0 Å². The highest BCUT2D eigenvalue weighted by molar-refractivity contribution is 5.81. The zero-order chi connectivity index (χ0) is 27.9. The summed E-state index contributed by atoms with van der Waals surface area (Å²) in [5, 5.41) is 12.1. The standard InChI is InChI=1S/C25H32N3O3.C2HF3O2/c1-27(2)23(29)18-28-15-13-19(14-16-28)22(17-28)31-25(30)24(20-9-5-3-6-10-20)26-21-11-7-4-8-12-21;3-2(4,5)1(6)7/h3-12,19,22,24,26H,13-18H2,1-2H3;(H,6,7)/q+1;/p-1/t19?,22-,24?,28?;/m0./s1. The molecule has 0 aliphatic carbocycles. The number of carboxylic acids is 1. The second-order valence-electron chi connectivity index (χ2n) is 9.87. The molecule has 1 unspecified atom stereocenters. The maximum absolute atomic E-state index is 13.4. The number of amides is 1. The van der Waals surface area contributed by atoms with Crippen molar-refractivity contribution in [1.82, 2.24) is 4.90 Å². The number of aliphatic carboxylic acids is 1. The minimum absolute atomic E-state index is 0.137. The highest BCUT2D eigenvalue weighted by Crippen LogP contribution is 2.36. The number of carbonyl (C=O) groups is 3. The van der Waals surface area contributed by atoms with E-state index in [2.05, 4.69) is 5.32 Å². The molecule has 0 spiro atoms. The van der Waals surface area contributed by atoms with Crippen molar-refractivity contribution in [3.63, 3.8) is 0 Å². The molecular formula is C27H32F3N3O5. The van der Waals surface area contributed by atoms with Crippen molar-refractivity contribution in [3.8, 4) is 0 Å². The molecule has 5 rings (SSSR count). The second kappa shape index (κ2) is 12.3. The van der Waals surface area contributed by atoms with Crippen molar-refractivity contribution >= 4 is 23.5 Å². The average Bonchev–Trinajstić information content (AvgIpc) is 2.88. The van der Waals surface area contributed by atoms with Gasteiger partial charge in [-0.1, -0.05) is 48.5 Å². The third kappa shape index (κ3) is 7.70. The number of quaternary nitrogens is 1. The van der Waals surface area contributed by atoms with Crippen molar-refractivity contribution in [2.45, 2.75) is 31.2 Å². The number of halogens is 3. The number of piperidine rings is 3. The van der Waals surface area contributed by atoms with Crippen LogP contribution in [0.4, 0.5) is 18.9 Å². The summed E-state index contributed by atoms with van der Waals surface area (Å²) in [7, 11) is 3.60. The number of alkyl halides is 3. The molecule has 0 aromatic heterocycles. The number of likely N-dealkylation sites (N-methyl/N-ethyl adjacent to an activating group) is 1. The molecule has 0 radical (unpaired) electrons. The topological polar surface area (TPSA) is 98.8 Å². The Morgan fingerprint density at radius 1 is 1.03 bits per heavy atom. The Labute approximate surface area is 219 Å². The summed E-state index contributed by atoms with van der Waals surface area (Å²) in [6.45, 7) is 3.19. The fourth-order valence-electron chi connectivity index (χ4n) is 4.85. The Morgan fingerprint density at radius 3 is 2.05 bits per heavy atom. The van der Waals surface area contributed by atoms with Crippen molar-refractivity contribution in [2.24, 2.45) is 5.92 Å². The maximum Gasteiger partial charge on any atom is 0.430 e. The van der Waals surface area contributed by atoms with Crippen LogP contribution in [0, 0.1) is 5.92 Å². The summed E-state index contributed by atoms with van der Waals surface area (Å²) in [6, 6.07) is 18.9. The molecule has 2 bridgehead atoms. The van der Waals surface area contributed by atoms with E-state index in [0.717, 1.165) is 48.2 Å². The zero-order valence-electron chi connectivity index (χ0n) is 21.3. The number of fused-ring (bicyclic) bond motifs is 3. The van der Waals surface area contributed by atoms with Crippen LogP contribution in [0.1, 0.15) is 24.4 Å². The van der Waals surface area contributed by atoms with Gasteiger partial charge in [0.05, 0.1) is 13.1 Å². The van der Waals surface area contributed by atoms with E-state index in [1.54, 1.807) is 19.0 Å². The summed E-state index contributed by atoms with van der Waals surface area (Å²) in [5.74, 6) is -2.75. The fraction of sp³-hybridized carbons (Fsp3) is 0.444. The Kier molecular flexibility index (Phi) is 9.37. The Morgan fingerprint density at radius 2 is 1.55 bits per heavy atom. The number of nitrogens with one attached hydrogen (secondary N) is 1. The normalized spacial score (nSPS) is 22.9. The van der Waals surface area contributed by atoms with Gasteiger partial charge in [0.25, 0.3) is 5.91 Å². The predicted molar refractivity (Wildman–Crippen MR) is 131 cm³/mol.